The maximum absolute atomic E-state index is 2.31. The Labute approximate surface area is 177 Å². The molecule has 0 aliphatic rings. The zero-order valence-electron chi connectivity index (χ0n) is 16.7. The zero-order chi connectivity index (χ0) is 20.2. The minimum atomic E-state index is 1.22. The van der Waals surface area contributed by atoms with E-state index in [0.29, 0.717) is 0 Å². The number of hydrogen-bond donors (Lipinski definition) is 0. The predicted octanol–water partition coefficient (Wildman–Crippen LogP) is 7.85. The minimum Gasteiger partial charge on any atom is -0.0622 e. The van der Waals surface area contributed by atoms with E-state index in [1.54, 1.807) is 0 Å². The van der Waals surface area contributed by atoms with Crippen LogP contribution >= 0.6 is 0 Å². The van der Waals surface area contributed by atoms with Crippen LogP contribution in [0.3, 0.4) is 0 Å². The molecule has 0 unspecified atom stereocenters. The summed E-state index contributed by atoms with van der Waals surface area (Å²) in [4.78, 5) is 0. The summed E-state index contributed by atoms with van der Waals surface area (Å²) < 4.78 is 0. The van der Waals surface area contributed by atoms with E-state index >= 15 is 0 Å². The van der Waals surface area contributed by atoms with Crippen molar-refractivity contribution in [3.63, 3.8) is 0 Å². The molecule has 0 aliphatic heterocycles. The second-order valence-electron chi connectivity index (χ2n) is 7.41. The van der Waals surface area contributed by atoms with Crippen LogP contribution in [0.1, 0.15) is 22.3 Å². The Hall–Kier alpha value is -3.90. The summed E-state index contributed by atoms with van der Waals surface area (Å²) in [6, 6.07) is 47.4. The molecule has 5 aromatic carbocycles. The van der Waals surface area contributed by atoms with Crippen molar-refractivity contribution in [3.8, 4) is 0 Å². The maximum atomic E-state index is 2.31. The summed E-state index contributed by atoms with van der Waals surface area (Å²) in [6.07, 6.45) is 0. The highest BCUT2D eigenvalue weighted by Gasteiger charge is 2.16. The first-order valence-electron chi connectivity index (χ1n) is 10.3. The van der Waals surface area contributed by atoms with Crippen molar-refractivity contribution in [2.75, 3.05) is 0 Å². The van der Waals surface area contributed by atoms with E-state index in [2.05, 4.69) is 133 Å². The van der Waals surface area contributed by atoms with Gasteiger partial charge in [0.25, 0.3) is 0 Å². The summed E-state index contributed by atoms with van der Waals surface area (Å²) in [6.45, 7) is 0. The van der Waals surface area contributed by atoms with Crippen LogP contribution in [0.5, 0.6) is 0 Å². The minimum absolute atomic E-state index is 1.22. The molecule has 0 bridgehead atoms. The molecule has 0 heterocycles. The average Bonchev–Trinajstić information content (AvgIpc) is 2.84. The lowest BCUT2D eigenvalue weighted by Gasteiger charge is -2.18. The van der Waals surface area contributed by atoms with Gasteiger partial charge in [0, 0.05) is 0 Å². The summed E-state index contributed by atoms with van der Waals surface area (Å²) >= 11 is 0. The standard InChI is InChI=1S/C30H22/c1-4-13-24(14-5-1)29(25-15-6-2-7-16-25)30(26-17-8-3-9-18-26)28-21-20-23-12-10-11-19-27(23)22-28/h1-22H. The lowest BCUT2D eigenvalue weighted by atomic mass is 9.85. The molecule has 0 saturated heterocycles. The average molecular weight is 383 g/mol. The Kier molecular flexibility index (Phi) is 4.98. The molecule has 0 spiro atoms. The normalized spacial score (nSPS) is 10.7. The van der Waals surface area contributed by atoms with Gasteiger partial charge in [-0.25, -0.2) is 0 Å². The van der Waals surface area contributed by atoms with E-state index in [1.807, 2.05) is 0 Å². The molecular formula is C30H22. The van der Waals surface area contributed by atoms with Gasteiger partial charge in [-0.3, -0.25) is 0 Å². The maximum Gasteiger partial charge on any atom is -0.00266 e. The van der Waals surface area contributed by atoms with Gasteiger partial charge in [-0.05, 0) is 50.2 Å². The first kappa shape index (κ1) is 18.1. The molecule has 0 amide bonds. The van der Waals surface area contributed by atoms with E-state index in [1.165, 1.54) is 44.2 Å². The van der Waals surface area contributed by atoms with Crippen molar-refractivity contribution in [3.05, 3.63) is 156 Å². The molecule has 0 fully saturated rings. The van der Waals surface area contributed by atoms with Crippen molar-refractivity contribution in [2.24, 2.45) is 0 Å². The van der Waals surface area contributed by atoms with Gasteiger partial charge in [0.05, 0.1) is 0 Å². The molecule has 5 rings (SSSR count). The molecule has 0 nitrogen and oxygen atoms in total. The van der Waals surface area contributed by atoms with Crippen LogP contribution in [-0.2, 0) is 0 Å². The lowest BCUT2D eigenvalue weighted by molar-refractivity contribution is 1.51. The number of fused-ring (bicyclic) bond motifs is 1. The summed E-state index contributed by atoms with van der Waals surface area (Å²) in [5, 5.41) is 2.51. The second kappa shape index (κ2) is 8.23. The second-order valence-corrected chi connectivity index (χ2v) is 7.41. The van der Waals surface area contributed by atoms with Crippen LogP contribution in [0.15, 0.2) is 133 Å². The Morgan fingerprint density at radius 2 is 0.700 bits per heavy atom. The molecule has 0 saturated carbocycles. The molecule has 0 N–H and O–H groups in total. The quantitative estimate of drug-likeness (QED) is 0.278. The van der Waals surface area contributed by atoms with Crippen molar-refractivity contribution in [2.45, 2.75) is 0 Å². The molecule has 142 valence electrons. The van der Waals surface area contributed by atoms with Gasteiger partial charge in [-0.1, -0.05) is 127 Å². The number of benzene rings is 5. The van der Waals surface area contributed by atoms with E-state index in [0.717, 1.165) is 0 Å². The first-order chi connectivity index (χ1) is 14.9. The van der Waals surface area contributed by atoms with Crippen LogP contribution in [-0.4, -0.2) is 0 Å². The Morgan fingerprint density at radius 1 is 0.300 bits per heavy atom. The highest BCUT2D eigenvalue weighted by atomic mass is 14.2. The smallest absolute Gasteiger partial charge is 0.00266 e. The Balaban J connectivity index is 1.88. The van der Waals surface area contributed by atoms with Gasteiger partial charge in [0.15, 0.2) is 0 Å². The largest absolute Gasteiger partial charge is 0.0622 e. The van der Waals surface area contributed by atoms with Crippen molar-refractivity contribution < 1.29 is 0 Å². The van der Waals surface area contributed by atoms with Gasteiger partial charge in [0.2, 0.25) is 0 Å². The van der Waals surface area contributed by atoms with Crippen molar-refractivity contribution >= 4 is 21.9 Å². The van der Waals surface area contributed by atoms with Gasteiger partial charge < -0.3 is 0 Å². The molecule has 5 aromatic rings. The topological polar surface area (TPSA) is 0 Å². The summed E-state index contributed by atoms with van der Waals surface area (Å²) in [5.74, 6) is 0. The van der Waals surface area contributed by atoms with Gasteiger partial charge in [-0.2, -0.15) is 0 Å². The number of hydrogen-bond acceptors (Lipinski definition) is 0. The molecule has 0 heteroatoms. The van der Waals surface area contributed by atoms with E-state index in [4.69, 9.17) is 0 Å². The third-order valence-corrected chi connectivity index (χ3v) is 5.48. The highest BCUT2D eigenvalue weighted by Crippen LogP contribution is 2.37. The summed E-state index contributed by atoms with van der Waals surface area (Å²) in [7, 11) is 0. The van der Waals surface area contributed by atoms with E-state index in [9.17, 15) is 0 Å². The fourth-order valence-electron chi connectivity index (χ4n) is 4.07. The van der Waals surface area contributed by atoms with Gasteiger partial charge in [0.1, 0.15) is 0 Å². The highest BCUT2D eigenvalue weighted by molar-refractivity contribution is 6.05. The van der Waals surface area contributed by atoms with Crippen LogP contribution in [0.2, 0.25) is 0 Å². The van der Waals surface area contributed by atoms with Crippen LogP contribution in [0.4, 0.5) is 0 Å². The molecule has 0 atom stereocenters. The third kappa shape index (κ3) is 3.56. The molecule has 0 radical (unpaired) electrons. The van der Waals surface area contributed by atoms with Crippen molar-refractivity contribution in [1.29, 1.82) is 0 Å². The first-order valence-corrected chi connectivity index (χ1v) is 10.3. The SMILES string of the molecule is c1ccc(C(=C(c2ccccc2)c2ccc3ccccc3c2)c2ccccc2)cc1. The van der Waals surface area contributed by atoms with E-state index < -0.39 is 0 Å². The molecule has 0 aromatic heterocycles. The van der Waals surface area contributed by atoms with E-state index in [-0.39, 0.29) is 0 Å². The Morgan fingerprint density at radius 3 is 1.20 bits per heavy atom. The number of rotatable bonds is 4. The monoisotopic (exact) mass is 382 g/mol. The predicted molar refractivity (Wildman–Crippen MR) is 128 cm³/mol. The Bertz CT molecular complexity index is 1260. The molecule has 0 aliphatic carbocycles. The van der Waals surface area contributed by atoms with Gasteiger partial charge in [-0.15, -0.1) is 0 Å². The fraction of sp³-hybridized carbons (Fsp3) is 0. The third-order valence-electron chi connectivity index (χ3n) is 5.48. The van der Waals surface area contributed by atoms with Crippen LogP contribution < -0.4 is 0 Å². The fourth-order valence-corrected chi connectivity index (χ4v) is 4.07. The van der Waals surface area contributed by atoms with Crippen molar-refractivity contribution in [1.82, 2.24) is 0 Å². The lowest BCUT2D eigenvalue weighted by Crippen LogP contribution is -1.97. The zero-order valence-corrected chi connectivity index (χ0v) is 16.7. The summed E-state index contributed by atoms with van der Waals surface area (Å²) in [5.41, 5.74) is 7.38. The van der Waals surface area contributed by atoms with Gasteiger partial charge >= 0.3 is 0 Å². The molecule has 30 heavy (non-hydrogen) atoms. The van der Waals surface area contributed by atoms with Crippen LogP contribution in [0, 0.1) is 0 Å². The van der Waals surface area contributed by atoms with Crippen LogP contribution in [0.25, 0.3) is 21.9 Å². The molecular weight excluding hydrogens is 360 g/mol.